The lowest BCUT2D eigenvalue weighted by molar-refractivity contribution is -0.118. The van der Waals surface area contributed by atoms with Gasteiger partial charge < -0.3 is 29.9 Å². The summed E-state index contributed by atoms with van der Waals surface area (Å²) in [6, 6.07) is 4.99. The smallest absolute Gasteiger partial charge is 0.234 e. The number of carbonyl (C=O) groups is 1. The summed E-state index contributed by atoms with van der Waals surface area (Å²) in [4.78, 5) is 26.2. The van der Waals surface area contributed by atoms with Gasteiger partial charge in [-0.05, 0) is 50.0 Å². The largest absolute Gasteiger partial charge is 0.493 e. The van der Waals surface area contributed by atoms with Gasteiger partial charge in [-0.2, -0.15) is 4.98 Å². The highest BCUT2D eigenvalue weighted by atomic mass is 35.5. The summed E-state index contributed by atoms with van der Waals surface area (Å²) in [7, 11) is 5.43. The standard InChI is InChI=1S/C29H45ClN6O3/c1-29(2)11-6-8-21(18-29)36-14-9-20(10-15-36)35(3)27-22-16-24(38-4)25(39-5)17-23(22)33-28(34-27)32-13-7-12-31-26(37)19-30/h16-17,20-21H,6-15,18-19H2,1-5H3,(H,31,37)(H,32,33,34). The number of rotatable bonds is 11. The number of nitrogens with one attached hydrogen (secondary N) is 2. The Morgan fingerprint density at radius 3 is 2.51 bits per heavy atom. The third-order valence-electron chi connectivity index (χ3n) is 8.34. The summed E-state index contributed by atoms with van der Waals surface area (Å²) in [5.41, 5.74) is 1.25. The molecule has 2 aromatic rings. The molecule has 9 nitrogen and oxygen atoms in total. The SMILES string of the molecule is COc1cc2nc(NCCCNC(=O)CCl)nc(N(C)C3CCN(C4CCCC(C)(C)C4)CC3)c2cc1OC. The number of aromatic nitrogens is 2. The minimum atomic E-state index is -0.165. The second kappa shape index (κ2) is 13.2. The molecule has 1 saturated heterocycles. The maximum atomic E-state index is 11.4. The first-order valence-electron chi connectivity index (χ1n) is 14.2. The molecule has 2 aliphatic rings. The van der Waals surface area contributed by atoms with Crippen LogP contribution in [0.15, 0.2) is 12.1 Å². The lowest BCUT2D eigenvalue weighted by Gasteiger charge is -2.45. The topological polar surface area (TPSA) is 91.8 Å². The Kier molecular flexibility index (Phi) is 9.99. The quantitative estimate of drug-likeness (QED) is 0.302. The van der Waals surface area contributed by atoms with Gasteiger partial charge >= 0.3 is 0 Å². The van der Waals surface area contributed by atoms with Crippen LogP contribution in [0.5, 0.6) is 11.5 Å². The van der Waals surface area contributed by atoms with Crippen molar-refractivity contribution >= 4 is 40.2 Å². The van der Waals surface area contributed by atoms with E-state index in [9.17, 15) is 4.79 Å². The Hall–Kier alpha value is -2.52. The van der Waals surface area contributed by atoms with Crippen molar-refractivity contribution in [1.29, 1.82) is 0 Å². The number of methoxy groups -OCH3 is 2. The molecule has 1 amide bonds. The Balaban J connectivity index is 1.51. The molecule has 1 aromatic carbocycles. The van der Waals surface area contributed by atoms with Crippen molar-refractivity contribution in [2.75, 3.05) is 63.5 Å². The van der Waals surface area contributed by atoms with Gasteiger partial charge in [0, 0.05) is 56.8 Å². The summed E-state index contributed by atoms with van der Waals surface area (Å²) in [5.74, 6) is 2.55. The van der Waals surface area contributed by atoms with Gasteiger partial charge in [0.1, 0.15) is 11.7 Å². The van der Waals surface area contributed by atoms with Crippen molar-refractivity contribution in [1.82, 2.24) is 20.2 Å². The zero-order valence-corrected chi connectivity index (χ0v) is 24.9. The number of benzene rings is 1. The van der Waals surface area contributed by atoms with Crippen LogP contribution in [0, 0.1) is 5.41 Å². The first kappa shape index (κ1) is 29.5. The summed E-state index contributed by atoms with van der Waals surface area (Å²) < 4.78 is 11.2. The summed E-state index contributed by atoms with van der Waals surface area (Å²) >= 11 is 5.56. The number of amides is 1. The monoisotopic (exact) mass is 560 g/mol. The number of hydrogen-bond donors (Lipinski definition) is 2. The van der Waals surface area contributed by atoms with E-state index in [1.54, 1.807) is 14.2 Å². The van der Waals surface area contributed by atoms with Gasteiger partial charge in [-0.3, -0.25) is 4.79 Å². The van der Waals surface area contributed by atoms with Gasteiger partial charge in [0.25, 0.3) is 0 Å². The minimum Gasteiger partial charge on any atom is -0.493 e. The predicted molar refractivity (Wildman–Crippen MR) is 159 cm³/mol. The van der Waals surface area contributed by atoms with Crippen molar-refractivity contribution in [3.05, 3.63) is 12.1 Å². The van der Waals surface area contributed by atoms with Crippen molar-refractivity contribution < 1.29 is 14.3 Å². The average molecular weight is 561 g/mol. The van der Waals surface area contributed by atoms with Crippen molar-refractivity contribution in [3.63, 3.8) is 0 Å². The number of fused-ring (bicyclic) bond motifs is 1. The van der Waals surface area contributed by atoms with E-state index in [0.29, 0.717) is 48.0 Å². The zero-order valence-electron chi connectivity index (χ0n) is 24.2. The van der Waals surface area contributed by atoms with Crippen LogP contribution >= 0.6 is 11.6 Å². The molecule has 216 valence electrons. The Labute approximate surface area is 238 Å². The highest BCUT2D eigenvalue weighted by Gasteiger charge is 2.34. The number of halogens is 1. The van der Waals surface area contributed by atoms with E-state index >= 15 is 0 Å². The third-order valence-corrected chi connectivity index (χ3v) is 8.58. The van der Waals surface area contributed by atoms with E-state index in [1.165, 1.54) is 25.7 Å². The number of anilines is 2. The molecule has 1 aromatic heterocycles. The molecule has 0 spiro atoms. The molecular formula is C29H45ClN6O3. The second-order valence-electron chi connectivity index (χ2n) is 11.7. The van der Waals surface area contributed by atoms with Crippen LogP contribution in [0.2, 0.25) is 0 Å². The third kappa shape index (κ3) is 7.37. The number of carbonyl (C=O) groups excluding carboxylic acids is 1. The fraction of sp³-hybridized carbons (Fsp3) is 0.690. The highest BCUT2D eigenvalue weighted by Crippen LogP contribution is 2.39. The van der Waals surface area contributed by atoms with Crippen LogP contribution in [-0.4, -0.2) is 86.2 Å². The molecule has 2 N–H and O–H groups in total. The number of hydrogen-bond acceptors (Lipinski definition) is 8. The van der Waals surface area contributed by atoms with Crippen LogP contribution in [0.3, 0.4) is 0 Å². The molecule has 0 bridgehead atoms. The van der Waals surface area contributed by atoms with E-state index < -0.39 is 0 Å². The molecule has 1 atom stereocenters. The van der Waals surface area contributed by atoms with E-state index in [4.69, 9.17) is 31.0 Å². The summed E-state index contributed by atoms with van der Waals surface area (Å²) in [6.07, 6.45) is 8.26. The minimum absolute atomic E-state index is 0.0280. The Morgan fingerprint density at radius 1 is 1.13 bits per heavy atom. The molecule has 1 aliphatic carbocycles. The van der Waals surface area contributed by atoms with Crippen molar-refractivity contribution in [2.45, 2.75) is 70.9 Å². The number of nitrogens with zero attached hydrogens (tertiary/aromatic N) is 4. The molecule has 2 heterocycles. The first-order chi connectivity index (χ1) is 18.7. The average Bonchev–Trinajstić information content (AvgIpc) is 2.94. The van der Waals surface area contributed by atoms with E-state index in [1.807, 2.05) is 12.1 Å². The number of alkyl halides is 1. The summed E-state index contributed by atoms with van der Waals surface area (Å²) in [6.45, 7) is 8.25. The van der Waals surface area contributed by atoms with Gasteiger partial charge in [0.15, 0.2) is 11.5 Å². The van der Waals surface area contributed by atoms with Crippen LogP contribution in [0.1, 0.15) is 58.8 Å². The Morgan fingerprint density at radius 2 is 1.85 bits per heavy atom. The fourth-order valence-electron chi connectivity index (χ4n) is 6.13. The molecule has 0 radical (unpaired) electrons. The molecule has 39 heavy (non-hydrogen) atoms. The molecule has 1 aliphatic heterocycles. The number of piperidine rings is 1. The van der Waals surface area contributed by atoms with Gasteiger partial charge in [-0.1, -0.05) is 20.3 Å². The first-order valence-corrected chi connectivity index (χ1v) is 14.8. The molecule has 1 saturated carbocycles. The van der Waals surface area contributed by atoms with Crippen LogP contribution in [-0.2, 0) is 4.79 Å². The number of likely N-dealkylation sites (tertiary alicyclic amines) is 1. The van der Waals surface area contributed by atoms with Gasteiger partial charge in [-0.25, -0.2) is 4.98 Å². The number of ether oxygens (including phenoxy) is 2. The van der Waals surface area contributed by atoms with Crippen molar-refractivity contribution in [2.24, 2.45) is 5.41 Å². The fourth-order valence-corrected chi connectivity index (χ4v) is 6.23. The molecule has 2 fully saturated rings. The molecule has 4 rings (SSSR count). The Bertz CT molecular complexity index is 1120. The predicted octanol–water partition coefficient (Wildman–Crippen LogP) is 4.67. The van der Waals surface area contributed by atoms with Gasteiger partial charge in [0.2, 0.25) is 11.9 Å². The van der Waals surface area contributed by atoms with Crippen molar-refractivity contribution in [3.8, 4) is 11.5 Å². The van der Waals surface area contributed by atoms with Crippen LogP contribution in [0.25, 0.3) is 10.9 Å². The molecular weight excluding hydrogens is 516 g/mol. The van der Waals surface area contributed by atoms with Gasteiger partial charge in [0.05, 0.1) is 19.7 Å². The molecule has 10 heteroatoms. The lowest BCUT2D eigenvalue weighted by Crippen LogP contribution is -2.49. The van der Waals surface area contributed by atoms with E-state index in [-0.39, 0.29) is 11.8 Å². The lowest BCUT2D eigenvalue weighted by atomic mass is 9.74. The van der Waals surface area contributed by atoms with Gasteiger partial charge in [-0.15, -0.1) is 11.6 Å². The maximum Gasteiger partial charge on any atom is 0.234 e. The van der Waals surface area contributed by atoms with E-state index in [2.05, 4.69) is 41.3 Å². The van der Waals surface area contributed by atoms with E-state index in [0.717, 1.165) is 49.1 Å². The highest BCUT2D eigenvalue weighted by molar-refractivity contribution is 6.27. The molecule has 1 unspecified atom stereocenters. The van der Waals surface area contributed by atoms with Crippen LogP contribution < -0.4 is 25.0 Å². The maximum absolute atomic E-state index is 11.4. The summed E-state index contributed by atoms with van der Waals surface area (Å²) in [5, 5.41) is 7.06. The van der Waals surface area contributed by atoms with Crippen LogP contribution in [0.4, 0.5) is 11.8 Å². The second-order valence-corrected chi connectivity index (χ2v) is 11.9. The normalized spacial score (nSPS) is 20.0. The zero-order chi connectivity index (χ0) is 28.0.